The molecule has 0 aliphatic heterocycles. The van der Waals surface area contributed by atoms with Gasteiger partial charge in [0.15, 0.2) is 11.5 Å². The summed E-state index contributed by atoms with van der Waals surface area (Å²) in [5.74, 6) is 6.78. The van der Waals surface area contributed by atoms with Gasteiger partial charge in [-0.05, 0) is 18.2 Å². The zero-order chi connectivity index (χ0) is 13.4. The number of carbonyl (C=O) groups excluding carboxylic acids is 1. The average Bonchev–Trinajstić information content (AvgIpc) is 2.42. The first kappa shape index (κ1) is 13.9. The van der Waals surface area contributed by atoms with Crippen LogP contribution in [0.5, 0.6) is 11.5 Å². The Labute approximate surface area is 106 Å². The van der Waals surface area contributed by atoms with Gasteiger partial charge in [0.05, 0.1) is 27.3 Å². The van der Waals surface area contributed by atoms with Crippen molar-refractivity contribution in [2.45, 2.75) is 0 Å². The van der Waals surface area contributed by atoms with E-state index >= 15 is 0 Å². The minimum atomic E-state index is -0.225. The van der Waals surface area contributed by atoms with Crippen LogP contribution < -0.4 is 20.5 Å². The fourth-order valence-electron chi connectivity index (χ4n) is 1.28. The summed E-state index contributed by atoms with van der Waals surface area (Å²) in [4.78, 5) is 10.9. The van der Waals surface area contributed by atoms with E-state index in [9.17, 15) is 4.79 Å². The molecule has 0 atom stereocenters. The Morgan fingerprint density at radius 3 is 2.67 bits per heavy atom. The normalized spacial score (nSPS) is 9.06. The van der Waals surface area contributed by atoms with Crippen molar-refractivity contribution in [3.05, 3.63) is 23.8 Å². The van der Waals surface area contributed by atoms with Gasteiger partial charge in [0.1, 0.15) is 0 Å². The predicted molar refractivity (Wildman–Crippen MR) is 68.5 cm³/mol. The summed E-state index contributed by atoms with van der Waals surface area (Å²) in [7, 11) is 3.14. The van der Waals surface area contributed by atoms with Crippen LogP contribution in [-0.2, 0) is 4.79 Å². The summed E-state index contributed by atoms with van der Waals surface area (Å²) < 4.78 is 10.3. The van der Waals surface area contributed by atoms with Gasteiger partial charge >= 0.3 is 0 Å². The maximum atomic E-state index is 10.9. The molecule has 0 fully saturated rings. The Kier molecular flexibility index (Phi) is 5.55. The summed E-state index contributed by atoms with van der Waals surface area (Å²) in [6.45, 7) is 0.239. The smallest absolute Gasteiger partial charge is 0.234 e. The van der Waals surface area contributed by atoms with Gasteiger partial charge in [-0.25, -0.2) is 0 Å². The molecule has 0 radical (unpaired) electrons. The van der Waals surface area contributed by atoms with Crippen LogP contribution in [0.1, 0.15) is 5.56 Å². The van der Waals surface area contributed by atoms with Crippen LogP contribution in [0.25, 0.3) is 0 Å². The van der Waals surface area contributed by atoms with Crippen LogP contribution >= 0.6 is 0 Å². The van der Waals surface area contributed by atoms with Crippen LogP contribution in [0.4, 0.5) is 0 Å². The summed E-state index contributed by atoms with van der Waals surface area (Å²) in [5, 5.41) is 2.56. The maximum Gasteiger partial charge on any atom is 0.234 e. The Morgan fingerprint density at radius 1 is 1.33 bits per heavy atom. The largest absolute Gasteiger partial charge is 0.493 e. The number of hydrogen-bond acceptors (Lipinski definition) is 4. The topological polar surface area (TPSA) is 73.6 Å². The number of benzene rings is 1. The van der Waals surface area contributed by atoms with E-state index in [1.54, 1.807) is 26.4 Å². The lowest BCUT2D eigenvalue weighted by Gasteiger charge is -2.06. The highest BCUT2D eigenvalue weighted by atomic mass is 16.5. The molecule has 1 aromatic carbocycles. The van der Waals surface area contributed by atoms with E-state index in [0.29, 0.717) is 11.5 Å². The van der Waals surface area contributed by atoms with E-state index < -0.39 is 0 Å². The zero-order valence-corrected chi connectivity index (χ0v) is 10.4. The second-order valence-electron chi connectivity index (χ2n) is 3.35. The third kappa shape index (κ3) is 4.00. The van der Waals surface area contributed by atoms with Gasteiger partial charge in [-0.15, -0.1) is 0 Å². The Hall–Kier alpha value is -2.19. The predicted octanol–water partition coefficient (Wildman–Crippen LogP) is 0.130. The van der Waals surface area contributed by atoms with E-state index in [-0.39, 0.29) is 19.0 Å². The highest BCUT2D eigenvalue weighted by molar-refractivity contribution is 5.77. The average molecular weight is 248 g/mol. The number of nitrogens with two attached hydrogens (primary N) is 1. The lowest BCUT2D eigenvalue weighted by molar-refractivity contribution is -0.119. The van der Waals surface area contributed by atoms with Crippen molar-refractivity contribution in [3.63, 3.8) is 0 Å². The molecule has 1 aromatic rings. The monoisotopic (exact) mass is 248 g/mol. The molecular formula is C13H16N2O3. The molecule has 5 nitrogen and oxygen atoms in total. The van der Waals surface area contributed by atoms with E-state index in [0.717, 1.165) is 5.56 Å². The van der Waals surface area contributed by atoms with Crippen molar-refractivity contribution in [1.82, 2.24) is 5.32 Å². The summed E-state index contributed by atoms with van der Waals surface area (Å²) in [6, 6.07) is 5.37. The molecular weight excluding hydrogens is 232 g/mol. The van der Waals surface area contributed by atoms with Crippen LogP contribution in [0, 0.1) is 11.8 Å². The minimum absolute atomic E-state index is 0.0297. The summed E-state index contributed by atoms with van der Waals surface area (Å²) >= 11 is 0. The van der Waals surface area contributed by atoms with E-state index in [2.05, 4.69) is 17.2 Å². The van der Waals surface area contributed by atoms with Crippen molar-refractivity contribution < 1.29 is 14.3 Å². The minimum Gasteiger partial charge on any atom is -0.493 e. The van der Waals surface area contributed by atoms with Gasteiger partial charge in [-0.2, -0.15) is 0 Å². The summed E-state index contributed by atoms with van der Waals surface area (Å²) in [5.41, 5.74) is 5.93. The molecule has 1 amide bonds. The first-order valence-electron chi connectivity index (χ1n) is 5.39. The highest BCUT2D eigenvalue weighted by Gasteiger charge is 2.02. The number of ether oxygens (including phenoxy) is 2. The van der Waals surface area contributed by atoms with Crippen LogP contribution in [-0.4, -0.2) is 33.2 Å². The molecule has 0 saturated heterocycles. The van der Waals surface area contributed by atoms with E-state index in [1.165, 1.54) is 0 Å². The first-order valence-corrected chi connectivity index (χ1v) is 5.39. The van der Waals surface area contributed by atoms with Crippen molar-refractivity contribution in [3.8, 4) is 23.3 Å². The second-order valence-corrected chi connectivity index (χ2v) is 3.35. The standard InChI is InChI=1S/C13H16N2O3/c1-17-11-6-5-10(8-12(11)18-2)4-3-7-15-13(16)9-14/h5-6,8H,7,9,14H2,1-2H3,(H,15,16). The van der Waals surface area contributed by atoms with Crippen molar-refractivity contribution in [2.24, 2.45) is 5.73 Å². The molecule has 5 heteroatoms. The molecule has 0 aromatic heterocycles. The molecule has 18 heavy (non-hydrogen) atoms. The number of amides is 1. The number of carbonyl (C=O) groups is 1. The van der Waals surface area contributed by atoms with Crippen molar-refractivity contribution in [2.75, 3.05) is 27.3 Å². The Morgan fingerprint density at radius 2 is 2.06 bits per heavy atom. The summed E-state index contributed by atoms with van der Waals surface area (Å²) in [6.07, 6.45) is 0. The van der Waals surface area contributed by atoms with Gasteiger partial charge in [0.2, 0.25) is 5.91 Å². The number of rotatable bonds is 4. The Bertz CT molecular complexity index is 475. The third-order valence-corrected chi connectivity index (χ3v) is 2.18. The molecule has 96 valence electrons. The molecule has 0 unspecified atom stereocenters. The number of hydrogen-bond donors (Lipinski definition) is 2. The van der Waals surface area contributed by atoms with Gasteiger partial charge in [0, 0.05) is 5.56 Å². The molecule has 0 heterocycles. The molecule has 0 bridgehead atoms. The van der Waals surface area contributed by atoms with Crippen molar-refractivity contribution >= 4 is 5.91 Å². The van der Waals surface area contributed by atoms with Crippen LogP contribution in [0.2, 0.25) is 0 Å². The first-order chi connectivity index (χ1) is 8.71. The molecule has 0 aliphatic carbocycles. The van der Waals surface area contributed by atoms with Gasteiger partial charge in [-0.3, -0.25) is 4.79 Å². The van der Waals surface area contributed by atoms with Gasteiger partial charge in [0.25, 0.3) is 0 Å². The fraction of sp³-hybridized carbons (Fsp3) is 0.308. The van der Waals surface area contributed by atoms with Crippen molar-refractivity contribution in [1.29, 1.82) is 0 Å². The van der Waals surface area contributed by atoms with E-state index in [1.807, 2.05) is 6.07 Å². The molecule has 3 N–H and O–H groups in total. The van der Waals surface area contributed by atoms with Gasteiger partial charge < -0.3 is 20.5 Å². The SMILES string of the molecule is COc1ccc(C#CCNC(=O)CN)cc1OC. The zero-order valence-electron chi connectivity index (χ0n) is 10.4. The second kappa shape index (κ2) is 7.20. The lowest BCUT2D eigenvalue weighted by Crippen LogP contribution is -2.30. The molecule has 0 spiro atoms. The number of nitrogens with one attached hydrogen (secondary N) is 1. The Balaban J connectivity index is 2.68. The highest BCUT2D eigenvalue weighted by Crippen LogP contribution is 2.26. The third-order valence-electron chi connectivity index (χ3n) is 2.18. The molecule has 0 saturated carbocycles. The van der Waals surface area contributed by atoms with Gasteiger partial charge in [-0.1, -0.05) is 11.8 Å². The maximum absolute atomic E-state index is 10.9. The van der Waals surface area contributed by atoms with Crippen LogP contribution in [0.15, 0.2) is 18.2 Å². The molecule has 0 aliphatic rings. The lowest BCUT2D eigenvalue weighted by atomic mass is 10.2. The number of methoxy groups -OCH3 is 2. The fourth-order valence-corrected chi connectivity index (χ4v) is 1.28. The molecule has 1 rings (SSSR count). The van der Waals surface area contributed by atoms with Crippen LogP contribution in [0.3, 0.4) is 0 Å². The van der Waals surface area contributed by atoms with E-state index in [4.69, 9.17) is 15.2 Å². The quantitative estimate of drug-likeness (QED) is 0.743.